The van der Waals surface area contributed by atoms with E-state index in [9.17, 15) is 19.7 Å². The molecule has 2 amide bonds. The zero-order valence-electron chi connectivity index (χ0n) is 15.6. The average Bonchev–Trinajstić information content (AvgIpc) is 2.70. The second-order valence-electron chi connectivity index (χ2n) is 6.21. The molecule has 28 heavy (non-hydrogen) atoms. The normalized spacial score (nSPS) is 10.2. The molecule has 8 nitrogen and oxygen atoms in total. The highest BCUT2D eigenvalue weighted by Crippen LogP contribution is 2.13. The van der Waals surface area contributed by atoms with Gasteiger partial charge in [0.15, 0.2) is 0 Å². The molecule has 0 aliphatic rings. The number of nitro groups is 1. The Hall–Kier alpha value is -3.42. The van der Waals surface area contributed by atoms with Crippen molar-refractivity contribution in [3.63, 3.8) is 0 Å². The zero-order valence-corrected chi connectivity index (χ0v) is 15.6. The van der Waals surface area contributed by atoms with Crippen molar-refractivity contribution in [1.82, 2.24) is 10.6 Å². The number of unbranched alkanes of at least 4 members (excludes halogenated alkanes) is 1. The van der Waals surface area contributed by atoms with Crippen LogP contribution in [0.15, 0.2) is 48.5 Å². The van der Waals surface area contributed by atoms with Crippen LogP contribution < -0.4 is 15.4 Å². The van der Waals surface area contributed by atoms with Crippen LogP contribution in [0.2, 0.25) is 0 Å². The largest absolute Gasteiger partial charge is 0.494 e. The Balaban J connectivity index is 1.59. The van der Waals surface area contributed by atoms with Gasteiger partial charge in [-0.25, -0.2) is 0 Å². The van der Waals surface area contributed by atoms with E-state index in [4.69, 9.17) is 4.74 Å². The Kier molecular flexibility index (Phi) is 7.95. The van der Waals surface area contributed by atoms with E-state index in [2.05, 4.69) is 10.6 Å². The van der Waals surface area contributed by atoms with E-state index in [-0.39, 0.29) is 23.7 Å². The van der Waals surface area contributed by atoms with Crippen LogP contribution >= 0.6 is 0 Å². The van der Waals surface area contributed by atoms with Crippen LogP contribution in [0.25, 0.3) is 0 Å². The molecule has 2 aromatic rings. The van der Waals surface area contributed by atoms with Gasteiger partial charge >= 0.3 is 0 Å². The molecule has 0 atom stereocenters. The first-order chi connectivity index (χ1) is 13.5. The minimum absolute atomic E-state index is 0.134. The molecule has 2 N–H and O–H groups in total. The Bertz CT molecular complexity index is 821. The number of hydrogen-bond donors (Lipinski definition) is 2. The van der Waals surface area contributed by atoms with E-state index in [0.717, 1.165) is 18.6 Å². The molecule has 0 bridgehead atoms. The summed E-state index contributed by atoms with van der Waals surface area (Å²) in [6.07, 6.45) is 1.53. The number of benzene rings is 2. The van der Waals surface area contributed by atoms with Crippen molar-refractivity contribution in [3.8, 4) is 5.75 Å². The van der Waals surface area contributed by atoms with E-state index >= 15 is 0 Å². The lowest BCUT2D eigenvalue weighted by Crippen LogP contribution is -2.37. The number of amides is 2. The topological polar surface area (TPSA) is 111 Å². The maximum Gasteiger partial charge on any atom is 0.270 e. The summed E-state index contributed by atoms with van der Waals surface area (Å²) < 4.78 is 5.60. The Morgan fingerprint density at radius 2 is 1.82 bits per heavy atom. The fourth-order valence-electron chi connectivity index (χ4n) is 2.37. The molecule has 2 rings (SSSR count). The standard InChI is InChI=1S/C20H23N3O5/c1-15-7-9-18(10-8-15)28-12-3-2-11-21-19(24)14-22-20(25)16-5-4-6-17(13-16)23(26)27/h4-10,13H,2-3,11-12,14H2,1H3,(H,21,24)(H,22,25). The predicted molar refractivity (Wildman–Crippen MR) is 104 cm³/mol. The molecule has 148 valence electrons. The maximum atomic E-state index is 12.0. The van der Waals surface area contributed by atoms with Gasteiger partial charge < -0.3 is 15.4 Å². The van der Waals surface area contributed by atoms with Crippen molar-refractivity contribution >= 4 is 17.5 Å². The van der Waals surface area contributed by atoms with Crippen molar-refractivity contribution in [2.24, 2.45) is 0 Å². The van der Waals surface area contributed by atoms with Crippen molar-refractivity contribution in [1.29, 1.82) is 0 Å². The third-order valence-electron chi connectivity index (χ3n) is 3.91. The van der Waals surface area contributed by atoms with Gasteiger partial charge in [0.2, 0.25) is 5.91 Å². The second kappa shape index (κ2) is 10.7. The van der Waals surface area contributed by atoms with Gasteiger partial charge in [0.25, 0.3) is 11.6 Å². The molecule has 0 radical (unpaired) electrons. The number of ether oxygens (including phenoxy) is 1. The number of nitrogens with one attached hydrogen (secondary N) is 2. The zero-order chi connectivity index (χ0) is 20.4. The van der Waals surface area contributed by atoms with Gasteiger partial charge in [0.05, 0.1) is 18.1 Å². The summed E-state index contributed by atoms with van der Waals surface area (Å²) in [6, 6.07) is 13.1. The summed E-state index contributed by atoms with van der Waals surface area (Å²) in [6.45, 7) is 2.85. The molecule has 0 fully saturated rings. The van der Waals surface area contributed by atoms with Gasteiger partial charge in [-0.05, 0) is 38.0 Å². The van der Waals surface area contributed by atoms with E-state index in [1.165, 1.54) is 29.8 Å². The molecule has 2 aromatic carbocycles. The van der Waals surface area contributed by atoms with E-state index in [0.29, 0.717) is 13.2 Å². The van der Waals surface area contributed by atoms with Crippen LogP contribution in [0.1, 0.15) is 28.8 Å². The highest BCUT2D eigenvalue weighted by molar-refractivity contribution is 5.96. The highest BCUT2D eigenvalue weighted by Gasteiger charge is 2.12. The summed E-state index contributed by atoms with van der Waals surface area (Å²) in [4.78, 5) is 33.9. The fourth-order valence-corrected chi connectivity index (χ4v) is 2.37. The fraction of sp³-hybridized carbons (Fsp3) is 0.300. The molecular formula is C20H23N3O5. The van der Waals surface area contributed by atoms with Crippen LogP contribution in [0, 0.1) is 17.0 Å². The van der Waals surface area contributed by atoms with Crippen molar-refractivity contribution < 1.29 is 19.2 Å². The lowest BCUT2D eigenvalue weighted by molar-refractivity contribution is -0.384. The average molecular weight is 385 g/mol. The third kappa shape index (κ3) is 7.06. The smallest absolute Gasteiger partial charge is 0.270 e. The monoisotopic (exact) mass is 385 g/mol. The maximum absolute atomic E-state index is 12.0. The highest BCUT2D eigenvalue weighted by atomic mass is 16.6. The number of hydrogen-bond acceptors (Lipinski definition) is 5. The van der Waals surface area contributed by atoms with E-state index in [1.54, 1.807) is 0 Å². The van der Waals surface area contributed by atoms with Crippen LogP contribution in [-0.2, 0) is 4.79 Å². The summed E-state index contributed by atoms with van der Waals surface area (Å²) in [5.41, 5.74) is 1.13. The Morgan fingerprint density at radius 1 is 1.07 bits per heavy atom. The van der Waals surface area contributed by atoms with Gasteiger partial charge in [0.1, 0.15) is 5.75 Å². The van der Waals surface area contributed by atoms with Crippen molar-refractivity contribution in [2.45, 2.75) is 19.8 Å². The summed E-state index contributed by atoms with van der Waals surface area (Å²) in [7, 11) is 0. The lowest BCUT2D eigenvalue weighted by atomic mass is 10.2. The Labute approximate surface area is 163 Å². The number of nitrogens with zero attached hydrogens (tertiary/aromatic N) is 1. The van der Waals surface area contributed by atoms with Gasteiger partial charge in [0, 0.05) is 24.2 Å². The number of nitro benzene ring substituents is 1. The number of carbonyl (C=O) groups excluding carboxylic acids is 2. The first-order valence-electron chi connectivity index (χ1n) is 8.94. The van der Waals surface area contributed by atoms with Gasteiger partial charge in [-0.1, -0.05) is 23.8 Å². The molecule has 0 saturated heterocycles. The van der Waals surface area contributed by atoms with Crippen LogP contribution in [-0.4, -0.2) is 36.4 Å². The minimum Gasteiger partial charge on any atom is -0.494 e. The van der Waals surface area contributed by atoms with Crippen molar-refractivity contribution in [3.05, 3.63) is 69.8 Å². The molecule has 0 aliphatic heterocycles. The molecule has 0 heterocycles. The van der Waals surface area contributed by atoms with Crippen LogP contribution in [0.4, 0.5) is 5.69 Å². The lowest BCUT2D eigenvalue weighted by Gasteiger charge is -2.08. The SMILES string of the molecule is Cc1ccc(OCCCCNC(=O)CNC(=O)c2cccc([N+](=O)[O-])c2)cc1. The second-order valence-corrected chi connectivity index (χ2v) is 6.21. The van der Waals surface area contributed by atoms with Crippen molar-refractivity contribution in [2.75, 3.05) is 19.7 Å². The van der Waals surface area contributed by atoms with E-state index < -0.39 is 10.8 Å². The first-order valence-corrected chi connectivity index (χ1v) is 8.94. The molecule has 0 saturated carbocycles. The van der Waals surface area contributed by atoms with E-state index in [1.807, 2.05) is 31.2 Å². The first kappa shape index (κ1) is 20.9. The predicted octanol–water partition coefficient (Wildman–Crippen LogP) is 2.61. The van der Waals surface area contributed by atoms with Crippen LogP contribution in [0.3, 0.4) is 0 Å². The third-order valence-corrected chi connectivity index (χ3v) is 3.91. The molecule has 0 aromatic heterocycles. The summed E-state index contributed by atoms with van der Waals surface area (Å²) >= 11 is 0. The van der Waals surface area contributed by atoms with Gasteiger partial charge in [-0.3, -0.25) is 19.7 Å². The number of carbonyl (C=O) groups is 2. The summed E-state index contributed by atoms with van der Waals surface area (Å²) in [5, 5.41) is 15.9. The molecular weight excluding hydrogens is 362 g/mol. The minimum atomic E-state index is -0.577. The van der Waals surface area contributed by atoms with Crippen LogP contribution in [0.5, 0.6) is 5.75 Å². The molecule has 0 unspecified atom stereocenters. The van der Waals surface area contributed by atoms with Gasteiger partial charge in [-0.15, -0.1) is 0 Å². The number of rotatable bonds is 10. The summed E-state index contributed by atoms with van der Waals surface area (Å²) in [5.74, 6) is -0.0397. The molecule has 0 spiro atoms. The molecule has 0 aliphatic carbocycles. The number of non-ortho nitro benzene ring substituents is 1. The number of aryl methyl sites for hydroxylation is 1. The van der Waals surface area contributed by atoms with Gasteiger partial charge in [-0.2, -0.15) is 0 Å². The quantitative estimate of drug-likeness (QED) is 0.371. The Morgan fingerprint density at radius 3 is 2.54 bits per heavy atom. The molecule has 8 heteroatoms.